The van der Waals surface area contributed by atoms with Crippen LogP contribution in [0.15, 0.2) is 24.3 Å². The number of methoxy groups -OCH3 is 1. The number of hydrogen-bond donors (Lipinski definition) is 2. The number of amides is 1. The van der Waals surface area contributed by atoms with E-state index < -0.39 is 11.4 Å². The second-order valence-electron chi connectivity index (χ2n) is 5.07. The maximum absolute atomic E-state index is 11.6. The number of primary amides is 1. The van der Waals surface area contributed by atoms with Gasteiger partial charge < -0.3 is 15.8 Å². The van der Waals surface area contributed by atoms with E-state index in [4.69, 9.17) is 5.73 Å². The number of nitrogens with two attached hydrogens (primary N) is 1. The number of ether oxygens (including phenoxy) is 1. The molecule has 0 spiro atoms. The van der Waals surface area contributed by atoms with E-state index in [0.29, 0.717) is 12.8 Å². The van der Waals surface area contributed by atoms with Gasteiger partial charge in [-0.1, -0.05) is 31.5 Å². The van der Waals surface area contributed by atoms with Crippen LogP contribution in [0.2, 0.25) is 0 Å². The molecule has 0 heterocycles. The van der Waals surface area contributed by atoms with Crippen LogP contribution in [0.1, 0.15) is 32.3 Å². The van der Waals surface area contributed by atoms with E-state index >= 15 is 0 Å². The van der Waals surface area contributed by atoms with Gasteiger partial charge >= 0.3 is 5.97 Å². The summed E-state index contributed by atoms with van der Waals surface area (Å²) in [6.45, 7) is 5.99. The fraction of sp³-hybridized carbons (Fsp3) is 0.500. The van der Waals surface area contributed by atoms with Gasteiger partial charge in [-0.2, -0.15) is 0 Å². The van der Waals surface area contributed by atoms with Crippen molar-refractivity contribution in [2.24, 2.45) is 11.7 Å². The van der Waals surface area contributed by atoms with Crippen molar-refractivity contribution in [2.75, 3.05) is 12.4 Å². The molecule has 3 N–H and O–H groups in total. The highest BCUT2D eigenvalue weighted by atomic mass is 16.5. The smallest absolute Gasteiger partial charge is 0.308 e. The molecule has 1 aliphatic rings. The number of hydrogen-bond acceptors (Lipinski definition) is 4. The molecule has 1 saturated carbocycles. The first-order chi connectivity index (χ1) is 9.97. The highest BCUT2D eigenvalue weighted by Crippen LogP contribution is 2.41. The Bertz CT molecular complexity index is 491. The molecular formula is C16H24N2O3. The highest BCUT2D eigenvalue weighted by Gasteiger charge is 2.52. The second kappa shape index (κ2) is 7.11. The van der Waals surface area contributed by atoms with Crippen molar-refractivity contribution < 1.29 is 14.3 Å². The zero-order valence-electron chi connectivity index (χ0n) is 13.1. The SMILES string of the molecule is CC.COC(=O)C1CC(Nc2ccc(C)cc2)(C(N)=O)C1. The maximum Gasteiger partial charge on any atom is 0.308 e. The summed E-state index contributed by atoms with van der Waals surface area (Å²) in [6.07, 6.45) is 0.756. The second-order valence-corrected chi connectivity index (χ2v) is 5.07. The number of aryl methyl sites for hydroxylation is 1. The first-order valence-electron chi connectivity index (χ1n) is 7.19. The molecule has 0 aliphatic heterocycles. The van der Waals surface area contributed by atoms with Gasteiger partial charge in [-0.25, -0.2) is 0 Å². The minimum atomic E-state index is -0.839. The number of nitrogens with one attached hydrogen (secondary N) is 1. The molecule has 1 aromatic rings. The van der Waals surface area contributed by atoms with E-state index in [9.17, 15) is 9.59 Å². The number of carbonyl (C=O) groups is 2. The minimum absolute atomic E-state index is 0.254. The maximum atomic E-state index is 11.6. The predicted octanol–water partition coefficient (Wildman–Crippen LogP) is 2.24. The average molecular weight is 292 g/mol. The molecule has 0 atom stereocenters. The van der Waals surface area contributed by atoms with Crippen molar-refractivity contribution in [3.05, 3.63) is 29.8 Å². The summed E-state index contributed by atoms with van der Waals surface area (Å²) in [6, 6.07) is 7.69. The lowest BCUT2D eigenvalue weighted by Crippen LogP contribution is -2.61. The zero-order chi connectivity index (χ0) is 16.0. The van der Waals surface area contributed by atoms with Crippen LogP contribution < -0.4 is 11.1 Å². The van der Waals surface area contributed by atoms with Gasteiger partial charge in [0.2, 0.25) is 5.91 Å². The van der Waals surface area contributed by atoms with Crippen molar-refractivity contribution in [1.29, 1.82) is 0 Å². The summed E-state index contributed by atoms with van der Waals surface area (Å²) in [5.74, 6) is -0.980. The van der Waals surface area contributed by atoms with Gasteiger partial charge in [-0.05, 0) is 31.9 Å². The zero-order valence-corrected chi connectivity index (χ0v) is 13.1. The molecule has 1 amide bonds. The van der Waals surface area contributed by atoms with Crippen LogP contribution in [-0.4, -0.2) is 24.5 Å². The van der Waals surface area contributed by atoms with Crippen LogP contribution in [0.3, 0.4) is 0 Å². The lowest BCUT2D eigenvalue weighted by molar-refractivity contribution is -0.152. The molecule has 1 fully saturated rings. The van der Waals surface area contributed by atoms with Gasteiger partial charge in [-0.15, -0.1) is 0 Å². The Hall–Kier alpha value is -2.04. The van der Waals surface area contributed by atoms with E-state index in [0.717, 1.165) is 11.3 Å². The van der Waals surface area contributed by atoms with Gasteiger partial charge in [0.05, 0.1) is 13.0 Å². The summed E-state index contributed by atoms with van der Waals surface area (Å²) in [5.41, 5.74) is 6.59. The molecule has 0 radical (unpaired) electrons. The monoisotopic (exact) mass is 292 g/mol. The van der Waals surface area contributed by atoms with Crippen LogP contribution in [0.4, 0.5) is 5.69 Å². The Morgan fingerprint density at radius 2 is 1.76 bits per heavy atom. The number of benzene rings is 1. The number of carbonyl (C=O) groups excluding carboxylic acids is 2. The fourth-order valence-corrected chi connectivity index (χ4v) is 2.39. The molecule has 21 heavy (non-hydrogen) atoms. The van der Waals surface area contributed by atoms with Gasteiger partial charge in [0, 0.05) is 5.69 Å². The van der Waals surface area contributed by atoms with Crippen LogP contribution >= 0.6 is 0 Å². The van der Waals surface area contributed by atoms with Crippen LogP contribution in [0.5, 0.6) is 0 Å². The molecule has 2 rings (SSSR count). The lowest BCUT2D eigenvalue weighted by Gasteiger charge is -2.44. The summed E-state index contributed by atoms with van der Waals surface area (Å²) in [7, 11) is 1.35. The fourth-order valence-electron chi connectivity index (χ4n) is 2.39. The molecule has 1 aliphatic carbocycles. The molecule has 0 bridgehead atoms. The summed E-state index contributed by atoms with van der Waals surface area (Å²) >= 11 is 0. The third kappa shape index (κ3) is 3.74. The van der Waals surface area contributed by atoms with E-state index in [-0.39, 0.29) is 11.9 Å². The molecule has 0 aromatic heterocycles. The van der Waals surface area contributed by atoms with Crippen molar-refractivity contribution in [3.63, 3.8) is 0 Å². The summed E-state index contributed by atoms with van der Waals surface area (Å²) < 4.78 is 4.67. The Morgan fingerprint density at radius 1 is 1.24 bits per heavy atom. The van der Waals surface area contributed by atoms with Crippen molar-refractivity contribution in [3.8, 4) is 0 Å². The summed E-state index contributed by atoms with van der Waals surface area (Å²) in [4.78, 5) is 23.0. The van der Waals surface area contributed by atoms with Crippen LogP contribution in [0, 0.1) is 12.8 Å². The van der Waals surface area contributed by atoms with E-state index in [1.807, 2.05) is 45.0 Å². The molecule has 0 saturated heterocycles. The van der Waals surface area contributed by atoms with Crippen LogP contribution in [0.25, 0.3) is 0 Å². The number of esters is 1. The van der Waals surface area contributed by atoms with Crippen molar-refractivity contribution in [1.82, 2.24) is 0 Å². The first-order valence-corrected chi connectivity index (χ1v) is 7.19. The molecule has 5 nitrogen and oxygen atoms in total. The molecule has 1 aromatic carbocycles. The van der Waals surface area contributed by atoms with Crippen LogP contribution in [-0.2, 0) is 14.3 Å². The third-order valence-corrected chi connectivity index (χ3v) is 3.63. The number of anilines is 1. The van der Waals surface area contributed by atoms with Gasteiger partial charge in [0.25, 0.3) is 0 Å². The van der Waals surface area contributed by atoms with E-state index in [2.05, 4.69) is 10.1 Å². The average Bonchev–Trinajstić information content (AvgIpc) is 2.45. The third-order valence-electron chi connectivity index (χ3n) is 3.63. The van der Waals surface area contributed by atoms with Gasteiger partial charge in [-0.3, -0.25) is 9.59 Å². The predicted molar refractivity (Wildman–Crippen MR) is 82.8 cm³/mol. The standard InChI is InChI=1S/C14H18N2O3.C2H6/c1-9-3-5-11(6-4-9)16-14(13(15)18)7-10(8-14)12(17)19-2;1-2/h3-6,10,16H,7-8H2,1-2H3,(H2,15,18);1-2H3. The van der Waals surface area contributed by atoms with E-state index in [1.54, 1.807) is 0 Å². The molecular weight excluding hydrogens is 268 g/mol. The Kier molecular flexibility index (Phi) is 5.76. The Labute approximate surface area is 125 Å². The van der Waals surface area contributed by atoms with Crippen molar-refractivity contribution >= 4 is 17.6 Å². The van der Waals surface area contributed by atoms with Crippen molar-refractivity contribution in [2.45, 2.75) is 39.2 Å². The minimum Gasteiger partial charge on any atom is -0.469 e. The number of rotatable bonds is 4. The first kappa shape index (κ1) is 17.0. The topological polar surface area (TPSA) is 81.4 Å². The Balaban J connectivity index is 0.00000106. The normalized spacial score (nSPS) is 23.1. The lowest BCUT2D eigenvalue weighted by atomic mass is 9.67. The van der Waals surface area contributed by atoms with Gasteiger partial charge in [0.15, 0.2) is 0 Å². The molecule has 116 valence electrons. The molecule has 5 heteroatoms. The molecule has 0 unspecified atom stereocenters. The largest absolute Gasteiger partial charge is 0.469 e. The van der Waals surface area contributed by atoms with E-state index in [1.165, 1.54) is 7.11 Å². The van der Waals surface area contributed by atoms with Gasteiger partial charge in [0.1, 0.15) is 5.54 Å². The highest BCUT2D eigenvalue weighted by molar-refractivity contribution is 5.92. The summed E-state index contributed by atoms with van der Waals surface area (Å²) in [5, 5.41) is 3.15. The quantitative estimate of drug-likeness (QED) is 0.834. The Morgan fingerprint density at radius 3 is 2.19 bits per heavy atom.